The first-order chi connectivity index (χ1) is 5.65. The lowest BCUT2D eigenvalue weighted by molar-refractivity contribution is 0.0693. The molecule has 0 fully saturated rings. The summed E-state index contributed by atoms with van der Waals surface area (Å²) >= 11 is 5.55. The Morgan fingerprint density at radius 3 is 2.75 bits per heavy atom. The number of hydrogen-bond acceptors (Lipinski definition) is 3. The second-order valence-electron chi connectivity index (χ2n) is 2.19. The Labute approximate surface area is 80.4 Å². The molecule has 4 heteroatoms. The van der Waals surface area contributed by atoms with Gasteiger partial charge >= 0.3 is 5.97 Å². The highest BCUT2D eigenvalue weighted by molar-refractivity contribution is 7.98. The van der Waals surface area contributed by atoms with Crippen LogP contribution < -0.4 is 0 Å². The van der Waals surface area contributed by atoms with Gasteiger partial charge in [0.2, 0.25) is 0 Å². The first-order valence-electron chi connectivity index (χ1n) is 3.25. The first-order valence-corrected chi connectivity index (χ1v) is 4.92. The molecule has 1 aromatic carbocycles. The van der Waals surface area contributed by atoms with Gasteiger partial charge in [-0.3, -0.25) is 0 Å². The molecule has 1 aromatic rings. The Morgan fingerprint density at radius 2 is 2.25 bits per heavy atom. The van der Waals surface area contributed by atoms with Gasteiger partial charge in [-0.1, -0.05) is 0 Å². The third-order valence-corrected chi connectivity index (χ3v) is 2.55. The van der Waals surface area contributed by atoms with Gasteiger partial charge in [0.1, 0.15) is 0 Å². The summed E-state index contributed by atoms with van der Waals surface area (Å²) in [7, 11) is 0. The van der Waals surface area contributed by atoms with Crippen LogP contribution in [0.1, 0.15) is 10.4 Å². The minimum Gasteiger partial charge on any atom is -0.478 e. The number of carboxylic acids is 1. The standard InChI is InChI=1S/C8H8O2S2/c1-12-5-2-3-7(11)6(4-5)8(9)10/h2-4,11H,1H3,(H,9,10). The summed E-state index contributed by atoms with van der Waals surface area (Å²) in [6.45, 7) is 0. The third kappa shape index (κ3) is 1.95. The Balaban J connectivity index is 3.17. The van der Waals surface area contributed by atoms with Crippen molar-refractivity contribution in [2.45, 2.75) is 9.79 Å². The van der Waals surface area contributed by atoms with Crippen molar-refractivity contribution in [1.82, 2.24) is 0 Å². The van der Waals surface area contributed by atoms with Crippen molar-refractivity contribution in [3.05, 3.63) is 23.8 Å². The topological polar surface area (TPSA) is 37.3 Å². The van der Waals surface area contributed by atoms with Crippen molar-refractivity contribution in [1.29, 1.82) is 0 Å². The van der Waals surface area contributed by atoms with Crippen LogP contribution in [-0.4, -0.2) is 17.3 Å². The van der Waals surface area contributed by atoms with Crippen molar-refractivity contribution in [2.24, 2.45) is 0 Å². The van der Waals surface area contributed by atoms with Crippen LogP contribution in [0.2, 0.25) is 0 Å². The highest BCUT2D eigenvalue weighted by Crippen LogP contribution is 2.21. The highest BCUT2D eigenvalue weighted by atomic mass is 32.2. The summed E-state index contributed by atoms with van der Waals surface area (Å²) in [5, 5.41) is 8.73. The van der Waals surface area contributed by atoms with E-state index in [2.05, 4.69) is 12.6 Å². The van der Waals surface area contributed by atoms with Crippen molar-refractivity contribution in [2.75, 3.05) is 6.26 Å². The number of carboxylic acid groups (broad SMARTS) is 1. The van der Waals surface area contributed by atoms with E-state index in [0.29, 0.717) is 4.90 Å². The molecule has 0 atom stereocenters. The maximum Gasteiger partial charge on any atom is 0.336 e. The SMILES string of the molecule is CSc1ccc(S)c(C(=O)O)c1. The number of benzene rings is 1. The molecule has 0 radical (unpaired) electrons. The summed E-state index contributed by atoms with van der Waals surface area (Å²) in [6.07, 6.45) is 1.90. The second-order valence-corrected chi connectivity index (χ2v) is 3.55. The molecule has 1 rings (SSSR count). The molecule has 0 saturated heterocycles. The van der Waals surface area contributed by atoms with Crippen LogP contribution in [0.25, 0.3) is 0 Å². The van der Waals surface area contributed by atoms with E-state index in [1.165, 1.54) is 11.8 Å². The molecule has 0 amide bonds. The summed E-state index contributed by atoms with van der Waals surface area (Å²) in [5.74, 6) is -0.934. The van der Waals surface area contributed by atoms with Crippen LogP contribution in [0.15, 0.2) is 28.0 Å². The Hall–Kier alpha value is -0.610. The zero-order valence-corrected chi connectivity index (χ0v) is 8.15. The second kappa shape index (κ2) is 3.87. The van der Waals surface area contributed by atoms with E-state index >= 15 is 0 Å². The van der Waals surface area contributed by atoms with E-state index in [9.17, 15) is 4.79 Å². The molecule has 0 aromatic heterocycles. The van der Waals surface area contributed by atoms with Crippen molar-refractivity contribution < 1.29 is 9.90 Å². The summed E-state index contributed by atoms with van der Waals surface area (Å²) < 4.78 is 0. The van der Waals surface area contributed by atoms with Gasteiger partial charge in [0.05, 0.1) is 5.56 Å². The monoisotopic (exact) mass is 200 g/mol. The predicted molar refractivity (Wildman–Crippen MR) is 52.4 cm³/mol. The molecule has 0 bridgehead atoms. The molecule has 1 N–H and O–H groups in total. The van der Waals surface area contributed by atoms with Crippen LogP contribution in [-0.2, 0) is 0 Å². The first kappa shape index (κ1) is 9.48. The zero-order valence-electron chi connectivity index (χ0n) is 6.44. The molecule has 0 saturated carbocycles. The molecular weight excluding hydrogens is 192 g/mol. The fraction of sp³-hybridized carbons (Fsp3) is 0.125. The average Bonchev–Trinajstić information content (AvgIpc) is 2.05. The molecule has 12 heavy (non-hydrogen) atoms. The van der Waals surface area contributed by atoms with Gasteiger partial charge in [-0.15, -0.1) is 24.4 Å². The van der Waals surface area contributed by atoms with Crippen molar-refractivity contribution >= 4 is 30.4 Å². The van der Waals surface area contributed by atoms with Gasteiger partial charge in [-0.25, -0.2) is 4.79 Å². The number of hydrogen-bond donors (Lipinski definition) is 2. The lowest BCUT2D eigenvalue weighted by atomic mass is 10.2. The van der Waals surface area contributed by atoms with Crippen LogP contribution in [0.5, 0.6) is 0 Å². The third-order valence-electron chi connectivity index (χ3n) is 1.43. The van der Waals surface area contributed by atoms with Crippen LogP contribution in [0, 0.1) is 0 Å². The summed E-state index contributed by atoms with van der Waals surface area (Å²) in [4.78, 5) is 12.1. The normalized spacial score (nSPS) is 9.83. The van der Waals surface area contributed by atoms with Gasteiger partial charge in [-0.2, -0.15) is 0 Å². The summed E-state index contributed by atoms with van der Waals surface area (Å²) in [5.41, 5.74) is 0.255. The molecule has 0 aliphatic carbocycles. The number of carbonyl (C=O) groups is 1. The van der Waals surface area contributed by atoms with Crippen molar-refractivity contribution in [3.63, 3.8) is 0 Å². The maximum atomic E-state index is 10.6. The van der Waals surface area contributed by atoms with E-state index in [1.807, 2.05) is 12.3 Å². The minimum atomic E-state index is -0.934. The van der Waals surface area contributed by atoms with Gasteiger partial charge in [0.25, 0.3) is 0 Å². The van der Waals surface area contributed by atoms with E-state index < -0.39 is 5.97 Å². The lowest BCUT2D eigenvalue weighted by Crippen LogP contribution is -1.97. The van der Waals surface area contributed by atoms with Gasteiger partial charge in [0, 0.05) is 9.79 Å². The molecule has 0 aliphatic heterocycles. The van der Waals surface area contributed by atoms with E-state index in [1.54, 1.807) is 12.1 Å². The van der Waals surface area contributed by atoms with E-state index in [4.69, 9.17) is 5.11 Å². The molecule has 0 spiro atoms. The van der Waals surface area contributed by atoms with Gasteiger partial charge in [0.15, 0.2) is 0 Å². The molecule has 2 nitrogen and oxygen atoms in total. The number of rotatable bonds is 2. The van der Waals surface area contributed by atoms with Crippen LogP contribution in [0.3, 0.4) is 0 Å². The quantitative estimate of drug-likeness (QED) is 0.568. The molecule has 0 unspecified atom stereocenters. The predicted octanol–water partition coefficient (Wildman–Crippen LogP) is 2.40. The molecule has 0 aliphatic rings. The summed E-state index contributed by atoms with van der Waals surface area (Å²) in [6, 6.07) is 5.16. The van der Waals surface area contributed by atoms with Gasteiger partial charge in [-0.05, 0) is 24.5 Å². The zero-order chi connectivity index (χ0) is 9.14. The number of thioether (sulfide) groups is 1. The average molecular weight is 200 g/mol. The minimum absolute atomic E-state index is 0.255. The Kier molecular flexibility index (Phi) is 3.05. The van der Waals surface area contributed by atoms with E-state index in [0.717, 1.165) is 4.90 Å². The van der Waals surface area contributed by atoms with E-state index in [-0.39, 0.29) is 5.56 Å². The van der Waals surface area contributed by atoms with Crippen LogP contribution in [0.4, 0.5) is 0 Å². The number of thiol groups is 1. The molecule has 0 heterocycles. The number of aromatic carboxylic acids is 1. The van der Waals surface area contributed by atoms with Crippen molar-refractivity contribution in [3.8, 4) is 0 Å². The smallest absolute Gasteiger partial charge is 0.336 e. The fourth-order valence-corrected chi connectivity index (χ4v) is 1.49. The lowest BCUT2D eigenvalue weighted by Gasteiger charge is -2.01. The largest absolute Gasteiger partial charge is 0.478 e. The molecule has 64 valence electrons. The maximum absolute atomic E-state index is 10.6. The highest BCUT2D eigenvalue weighted by Gasteiger charge is 2.07. The Morgan fingerprint density at radius 1 is 1.58 bits per heavy atom. The fourth-order valence-electron chi connectivity index (χ4n) is 0.813. The van der Waals surface area contributed by atoms with Crippen LogP contribution >= 0.6 is 24.4 Å². The molecular formula is C8H8O2S2. The van der Waals surface area contributed by atoms with Gasteiger partial charge < -0.3 is 5.11 Å². The Bertz CT molecular complexity index is 310.